The molecule has 1 aliphatic heterocycles. The Labute approximate surface area is 118 Å². The van der Waals surface area contributed by atoms with Gasteiger partial charge in [0.25, 0.3) is 0 Å². The lowest BCUT2D eigenvalue weighted by Gasteiger charge is -2.40. The molecule has 0 aromatic rings. The summed E-state index contributed by atoms with van der Waals surface area (Å²) in [5.41, 5.74) is -0.187. The molecule has 3 unspecified atom stereocenters. The van der Waals surface area contributed by atoms with E-state index in [0.29, 0.717) is 18.2 Å². The Morgan fingerprint density at radius 1 is 1.47 bits per heavy atom. The Bertz CT molecular complexity index is 261. The van der Waals surface area contributed by atoms with Gasteiger partial charge in [-0.05, 0) is 26.7 Å². The van der Waals surface area contributed by atoms with Gasteiger partial charge < -0.3 is 15.2 Å². The van der Waals surface area contributed by atoms with E-state index < -0.39 is 0 Å². The predicted octanol–water partition coefficient (Wildman–Crippen LogP) is 1.62. The number of hydrogen-bond acceptors (Lipinski definition) is 4. The number of aliphatic hydroxyl groups is 1. The normalized spacial score (nSPS) is 28.6. The van der Waals surface area contributed by atoms with Crippen molar-refractivity contribution in [3.05, 3.63) is 0 Å². The second-order valence-corrected chi connectivity index (χ2v) is 6.47. The third-order valence-corrected chi connectivity index (χ3v) is 3.99. The highest BCUT2D eigenvalue weighted by atomic mass is 16.5. The highest BCUT2D eigenvalue weighted by Crippen LogP contribution is 2.18. The summed E-state index contributed by atoms with van der Waals surface area (Å²) in [6.07, 6.45) is 2.41. The van der Waals surface area contributed by atoms with Gasteiger partial charge >= 0.3 is 0 Å². The lowest BCUT2D eigenvalue weighted by molar-refractivity contribution is -0.0588. The Morgan fingerprint density at radius 3 is 2.68 bits per heavy atom. The molecule has 114 valence electrons. The van der Waals surface area contributed by atoms with Crippen molar-refractivity contribution in [3.8, 4) is 0 Å². The lowest BCUT2D eigenvalue weighted by Crippen LogP contribution is -2.54. The fourth-order valence-corrected chi connectivity index (χ4v) is 2.85. The Morgan fingerprint density at radius 2 is 2.16 bits per heavy atom. The van der Waals surface area contributed by atoms with Gasteiger partial charge in [0.2, 0.25) is 0 Å². The average Bonchev–Trinajstić information content (AvgIpc) is 2.36. The van der Waals surface area contributed by atoms with Gasteiger partial charge in [-0.1, -0.05) is 20.8 Å². The molecule has 0 spiro atoms. The third kappa shape index (κ3) is 5.38. The van der Waals surface area contributed by atoms with Crippen molar-refractivity contribution in [3.63, 3.8) is 0 Å². The number of nitrogens with one attached hydrogen (secondary N) is 1. The van der Waals surface area contributed by atoms with Crippen molar-refractivity contribution in [2.75, 3.05) is 26.3 Å². The molecular weight excluding hydrogens is 240 g/mol. The van der Waals surface area contributed by atoms with Crippen LogP contribution in [0.1, 0.15) is 47.5 Å². The molecule has 1 fully saturated rings. The Hall–Kier alpha value is -0.160. The molecule has 0 radical (unpaired) electrons. The summed E-state index contributed by atoms with van der Waals surface area (Å²) in [5.74, 6) is 0. The summed E-state index contributed by atoms with van der Waals surface area (Å²) >= 11 is 0. The minimum atomic E-state index is -0.187. The second kappa shape index (κ2) is 7.58. The summed E-state index contributed by atoms with van der Waals surface area (Å²) in [7, 11) is 0. The molecule has 1 aliphatic rings. The third-order valence-electron chi connectivity index (χ3n) is 3.99. The van der Waals surface area contributed by atoms with E-state index in [1.54, 1.807) is 0 Å². The molecule has 1 saturated heterocycles. The highest BCUT2D eigenvalue weighted by Gasteiger charge is 2.29. The first-order valence-corrected chi connectivity index (χ1v) is 7.64. The predicted molar refractivity (Wildman–Crippen MR) is 79.4 cm³/mol. The first-order chi connectivity index (χ1) is 8.90. The molecule has 1 rings (SSSR count). The largest absolute Gasteiger partial charge is 0.394 e. The van der Waals surface area contributed by atoms with E-state index in [0.717, 1.165) is 32.5 Å². The average molecular weight is 272 g/mol. The number of hydrogen-bond donors (Lipinski definition) is 2. The van der Waals surface area contributed by atoms with Gasteiger partial charge in [-0.25, -0.2) is 0 Å². The summed E-state index contributed by atoms with van der Waals surface area (Å²) in [6, 6.07) is 0.918. The van der Waals surface area contributed by atoms with Gasteiger partial charge in [0.15, 0.2) is 0 Å². The van der Waals surface area contributed by atoms with Gasteiger partial charge in [0, 0.05) is 30.7 Å². The molecule has 1 heterocycles. The van der Waals surface area contributed by atoms with Crippen molar-refractivity contribution < 1.29 is 9.84 Å². The summed E-state index contributed by atoms with van der Waals surface area (Å²) in [6.45, 7) is 13.7. The zero-order valence-corrected chi connectivity index (χ0v) is 13.3. The number of morpholine rings is 1. The topological polar surface area (TPSA) is 44.7 Å². The molecule has 0 saturated carbocycles. The molecule has 19 heavy (non-hydrogen) atoms. The monoisotopic (exact) mass is 272 g/mol. The van der Waals surface area contributed by atoms with Crippen LogP contribution in [0.3, 0.4) is 0 Å². The van der Waals surface area contributed by atoms with Crippen LogP contribution in [0, 0.1) is 0 Å². The van der Waals surface area contributed by atoms with Gasteiger partial charge in [-0.2, -0.15) is 0 Å². The minimum Gasteiger partial charge on any atom is -0.394 e. The van der Waals surface area contributed by atoms with Crippen LogP contribution in [0.15, 0.2) is 0 Å². The van der Waals surface area contributed by atoms with Crippen LogP contribution in [-0.2, 0) is 4.74 Å². The highest BCUT2D eigenvalue weighted by molar-refractivity contribution is 4.87. The van der Waals surface area contributed by atoms with Gasteiger partial charge in [0.1, 0.15) is 0 Å². The number of ether oxygens (including phenoxy) is 1. The smallest absolute Gasteiger partial charge is 0.0674 e. The molecule has 0 aromatic heterocycles. The van der Waals surface area contributed by atoms with Crippen LogP contribution in [0.25, 0.3) is 0 Å². The van der Waals surface area contributed by atoms with Crippen LogP contribution < -0.4 is 5.32 Å². The fourth-order valence-electron chi connectivity index (χ4n) is 2.85. The minimum absolute atomic E-state index is 0.182. The van der Waals surface area contributed by atoms with E-state index in [1.165, 1.54) is 0 Å². The molecule has 4 nitrogen and oxygen atoms in total. The first kappa shape index (κ1) is 16.9. The number of rotatable bonds is 7. The first-order valence-electron chi connectivity index (χ1n) is 7.64. The number of nitrogens with zero attached hydrogens (tertiary/aromatic N) is 1. The van der Waals surface area contributed by atoms with Crippen molar-refractivity contribution in [1.82, 2.24) is 10.2 Å². The second-order valence-electron chi connectivity index (χ2n) is 6.47. The maximum Gasteiger partial charge on any atom is 0.0674 e. The molecule has 3 atom stereocenters. The van der Waals surface area contributed by atoms with Gasteiger partial charge in [0.05, 0.1) is 19.3 Å². The van der Waals surface area contributed by atoms with Crippen molar-refractivity contribution in [2.45, 2.75) is 71.2 Å². The molecule has 0 bridgehead atoms. The molecule has 0 aliphatic carbocycles. The maximum absolute atomic E-state index is 9.63. The van der Waals surface area contributed by atoms with Gasteiger partial charge in [-0.15, -0.1) is 0 Å². The molecule has 2 N–H and O–H groups in total. The van der Waals surface area contributed by atoms with E-state index >= 15 is 0 Å². The van der Waals surface area contributed by atoms with Crippen LogP contribution in [0.2, 0.25) is 0 Å². The van der Waals surface area contributed by atoms with E-state index in [-0.39, 0.29) is 12.1 Å². The van der Waals surface area contributed by atoms with Crippen LogP contribution >= 0.6 is 0 Å². The Kier molecular flexibility index (Phi) is 6.74. The SMILES string of the molecule is CCC1COC(C)CN1CCC(C)(CO)NC(C)C. The van der Waals surface area contributed by atoms with E-state index in [4.69, 9.17) is 4.74 Å². The summed E-state index contributed by atoms with van der Waals surface area (Å²) in [5, 5.41) is 13.1. The van der Waals surface area contributed by atoms with Crippen LogP contribution in [0.5, 0.6) is 0 Å². The van der Waals surface area contributed by atoms with E-state index in [1.807, 2.05) is 0 Å². The fraction of sp³-hybridized carbons (Fsp3) is 1.00. The van der Waals surface area contributed by atoms with Crippen LogP contribution in [0.4, 0.5) is 0 Å². The molecule has 0 aromatic carbocycles. The zero-order chi connectivity index (χ0) is 14.5. The number of aliphatic hydroxyl groups excluding tert-OH is 1. The zero-order valence-electron chi connectivity index (χ0n) is 13.3. The van der Waals surface area contributed by atoms with Crippen LogP contribution in [-0.4, -0.2) is 60.0 Å². The van der Waals surface area contributed by atoms with Crippen molar-refractivity contribution >= 4 is 0 Å². The molecular formula is C15H32N2O2. The molecule has 4 heteroatoms. The van der Waals surface area contributed by atoms with Gasteiger partial charge in [-0.3, -0.25) is 4.90 Å². The summed E-state index contributed by atoms with van der Waals surface area (Å²) < 4.78 is 5.73. The molecule has 0 amide bonds. The standard InChI is InChI=1S/C15H32N2O2/c1-6-14-10-19-13(4)9-17(14)8-7-15(5,11-18)16-12(2)3/h12-14,16,18H,6-11H2,1-5H3. The van der Waals surface area contributed by atoms with E-state index in [2.05, 4.69) is 44.8 Å². The Balaban J connectivity index is 2.51. The van der Waals surface area contributed by atoms with Crippen molar-refractivity contribution in [1.29, 1.82) is 0 Å². The maximum atomic E-state index is 9.63. The van der Waals surface area contributed by atoms with Crippen molar-refractivity contribution in [2.24, 2.45) is 0 Å². The quantitative estimate of drug-likeness (QED) is 0.739. The summed E-state index contributed by atoms with van der Waals surface area (Å²) in [4.78, 5) is 2.52. The lowest BCUT2D eigenvalue weighted by atomic mass is 9.96. The van der Waals surface area contributed by atoms with E-state index in [9.17, 15) is 5.11 Å².